The van der Waals surface area contributed by atoms with Crippen molar-refractivity contribution in [3.63, 3.8) is 0 Å². The van der Waals surface area contributed by atoms with Gasteiger partial charge in [-0.25, -0.2) is 0 Å². The van der Waals surface area contributed by atoms with Crippen LogP contribution in [0.3, 0.4) is 0 Å². The summed E-state index contributed by atoms with van der Waals surface area (Å²) in [7, 11) is 0. The van der Waals surface area contributed by atoms with Gasteiger partial charge in [-0.3, -0.25) is 4.79 Å². The topological polar surface area (TPSA) is 29.1 Å². The number of carbonyl (C=O) groups excluding carboxylic acids is 1. The maximum Gasteiger partial charge on any atom is 0.149 e. The van der Waals surface area contributed by atoms with Crippen LogP contribution in [0, 0.1) is 5.92 Å². The molecule has 0 spiro atoms. The van der Waals surface area contributed by atoms with Crippen LogP contribution in [0.4, 0.5) is 0 Å². The van der Waals surface area contributed by atoms with Crippen LogP contribution in [-0.2, 0) is 4.79 Å². The standard InChI is InChI=1S/C10H21NO/c1-6-9(12)10(7(2)3)11-8(4)5/h7-8,10-11H,6H2,1-5H3. The van der Waals surface area contributed by atoms with Crippen LogP contribution >= 0.6 is 0 Å². The minimum atomic E-state index is 0.0370. The molecule has 72 valence electrons. The van der Waals surface area contributed by atoms with Crippen LogP contribution in [0.5, 0.6) is 0 Å². The fourth-order valence-corrected chi connectivity index (χ4v) is 1.24. The van der Waals surface area contributed by atoms with Crippen LogP contribution < -0.4 is 5.32 Å². The highest BCUT2D eigenvalue weighted by molar-refractivity contribution is 5.83. The van der Waals surface area contributed by atoms with Gasteiger partial charge in [0, 0.05) is 12.5 Å². The lowest BCUT2D eigenvalue weighted by Gasteiger charge is -2.22. The Hall–Kier alpha value is -0.370. The van der Waals surface area contributed by atoms with E-state index in [1.807, 2.05) is 6.92 Å². The molecule has 0 aliphatic rings. The van der Waals surface area contributed by atoms with Crippen molar-refractivity contribution in [2.75, 3.05) is 0 Å². The molecule has 0 radical (unpaired) electrons. The van der Waals surface area contributed by atoms with Gasteiger partial charge in [-0.2, -0.15) is 0 Å². The summed E-state index contributed by atoms with van der Waals surface area (Å²) in [6.07, 6.45) is 0.628. The average molecular weight is 171 g/mol. The van der Waals surface area contributed by atoms with E-state index in [4.69, 9.17) is 0 Å². The van der Waals surface area contributed by atoms with E-state index >= 15 is 0 Å². The lowest BCUT2D eigenvalue weighted by Crippen LogP contribution is -2.44. The lowest BCUT2D eigenvalue weighted by molar-refractivity contribution is -0.121. The molecule has 0 aromatic rings. The van der Waals surface area contributed by atoms with Crippen molar-refractivity contribution in [1.29, 1.82) is 0 Å². The van der Waals surface area contributed by atoms with Crippen molar-refractivity contribution in [2.45, 2.75) is 53.1 Å². The molecule has 0 aromatic carbocycles. The van der Waals surface area contributed by atoms with E-state index in [-0.39, 0.29) is 6.04 Å². The summed E-state index contributed by atoms with van der Waals surface area (Å²) in [5.41, 5.74) is 0. The van der Waals surface area contributed by atoms with E-state index in [1.54, 1.807) is 0 Å². The van der Waals surface area contributed by atoms with Crippen molar-refractivity contribution in [3.05, 3.63) is 0 Å². The molecule has 1 N–H and O–H groups in total. The summed E-state index contributed by atoms with van der Waals surface area (Å²) >= 11 is 0. The monoisotopic (exact) mass is 171 g/mol. The molecule has 2 heteroatoms. The molecule has 0 saturated heterocycles. The molecule has 1 atom stereocenters. The first-order chi connectivity index (χ1) is 5.49. The Balaban J connectivity index is 4.13. The van der Waals surface area contributed by atoms with Crippen LogP contribution in [0.15, 0.2) is 0 Å². The third kappa shape index (κ3) is 3.86. The van der Waals surface area contributed by atoms with Gasteiger partial charge in [0.25, 0.3) is 0 Å². The van der Waals surface area contributed by atoms with Gasteiger partial charge in [0.1, 0.15) is 5.78 Å². The summed E-state index contributed by atoms with van der Waals surface area (Å²) in [6, 6.07) is 0.419. The van der Waals surface area contributed by atoms with E-state index in [9.17, 15) is 4.79 Å². The predicted molar refractivity (Wildman–Crippen MR) is 52.2 cm³/mol. The summed E-state index contributed by atoms with van der Waals surface area (Å²) < 4.78 is 0. The van der Waals surface area contributed by atoms with Crippen molar-refractivity contribution in [2.24, 2.45) is 5.92 Å². The Labute approximate surface area is 75.7 Å². The predicted octanol–water partition coefficient (Wildman–Crippen LogP) is 1.99. The zero-order valence-electron chi connectivity index (χ0n) is 8.85. The van der Waals surface area contributed by atoms with Crippen LogP contribution in [-0.4, -0.2) is 17.9 Å². The first-order valence-electron chi connectivity index (χ1n) is 4.77. The lowest BCUT2D eigenvalue weighted by atomic mass is 9.98. The van der Waals surface area contributed by atoms with Crippen molar-refractivity contribution in [3.8, 4) is 0 Å². The van der Waals surface area contributed by atoms with Crippen molar-refractivity contribution >= 4 is 5.78 Å². The second kappa shape index (κ2) is 5.31. The van der Waals surface area contributed by atoms with Gasteiger partial charge in [-0.15, -0.1) is 0 Å². The van der Waals surface area contributed by atoms with Gasteiger partial charge in [0.15, 0.2) is 0 Å². The minimum absolute atomic E-state index is 0.0370. The Morgan fingerprint density at radius 1 is 1.25 bits per heavy atom. The third-order valence-electron chi connectivity index (χ3n) is 1.87. The first kappa shape index (κ1) is 11.6. The van der Waals surface area contributed by atoms with Gasteiger partial charge in [-0.1, -0.05) is 34.6 Å². The molecule has 0 saturated carbocycles. The van der Waals surface area contributed by atoms with Crippen LogP contribution in [0.1, 0.15) is 41.0 Å². The Morgan fingerprint density at radius 3 is 2.00 bits per heavy atom. The summed E-state index contributed by atoms with van der Waals surface area (Å²) in [5.74, 6) is 0.707. The maximum absolute atomic E-state index is 11.4. The normalized spacial score (nSPS) is 13.9. The van der Waals surface area contributed by atoms with Gasteiger partial charge < -0.3 is 5.32 Å². The number of nitrogens with one attached hydrogen (secondary N) is 1. The molecular weight excluding hydrogens is 150 g/mol. The molecule has 0 amide bonds. The number of rotatable bonds is 5. The minimum Gasteiger partial charge on any atom is -0.305 e. The summed E-state index contributed by atoms with van der Waals surface area (Å²) in [5, 5.41) is 3.28. The molecule has 12 heavy (non-hydrogen) atoms. The highest BCUT2D eigenvalue weighted by Crippen LogP contribution is 2.05. The quantitative estimate of drug-likeness (QED) is 0.685. The molecule has 0 aliphatic carbocycles. The second-order valence-corrected chi connectivity index (χ2v) is 3.86. The van der Waals surface area contributed by atoms with E-state index in [0.717, 1.165) is 0 Å². The number of hydrogen-bond donors (Lipinski definition) is 1. The number of ketones is 1. The molecule has 1 unspecified atom stereocenters. The Bertz CT molecular complexity index is 141. The Kier molecular flexibility index (Phi) is 5.14. The molecular formula is C10H21NO. The summed E-state index contributed by atoms with van der Waals surface area (Å²) in [4.78, 5) is 11.4. The highest BCUT2D eigenvalue weighted by atomic mass is 16.1. The molecule has 0 aromatic heterocycles. The van der Waals surface area contributed by atoms with Crippen molar-refractivity contribution < 1.29 is 4.79 Å². The maximum atomic E-state index is 11.4. The van der Waals surface area contributed by atoms with Crippen LogP contribution in [0.2, 0.25) is 0 Å². The molecule has 2 nitrogen and oxygen atoms in total. The zero-order chi connectivity index (χ0) is 9.72. The van der Waals surface area contributed by atoms with Crippen LogP contribution in [0.25, 0.3) is 0 Å². The molecule has 0 heterocycles. The molecule has 0 rings (SSSR count). The third-order valence-corrected chi connectivity index (χ3v) is 1.87. The first-order valence-corrected chi connectivity index (χ1v) is 4.77. The second-order valence-electron chi connectivity index (χ2n) is 3.86. The largest absolute Gasteiger partial charge is 0.305 e. The van der Waals surface area contributed by atoms with E-state index in [2.05, 4.69) is 33.0 Å². The molecule has 0 bridgehead atoms. The molecule has 0 aliphatic heterocycles. The zero-order valence-corrected chi connectivity index (χ0v) is 8.85. The van der Waals surface area contributed by atoms with Gasteiger partial charge in [-0.05, 0) is 5.92 Å². The highest BCUT2D eigenvalue weighted by Gasteiger charge is 2.20. The van der Waals surface area contributed by atoms with Gasteiger partial charge in [0.05, 0.1) is 6.04 Å². The van der Waals surface area contributed by atoms with Crippen molar-refractivity contribution in [1.82, 2.24) is 5.32 Å². The number of hydrogen-bond acceptors (Lipinski definition) is 2. The Morgan fingerprint density at radius 2 is 1.75 bits per heavy atom. The number of Topliss-reactive ketones (excluding diaryl/α,β-unsaturated/α-hetero) is 1. The van der Waals surface area contributed by atoms with Gasteiger partial charge >= 0.3 is 0 Å². The van der Waals surface area contributed by atoms with Gasteiger partial charge in [0.2, 0.25) is 0 Å². The van der Waals surface area contributed by atoms with E-state index < -0.39 is 0 Å². The van der Waals surface area contributed by atoms with E-state index in [0.29, 0.717) is 24.2 Å². The SMILES string of the molecule is CCC(=O)C(NC(C)C)C(C)C. The fraction of sp³-hybridized carbons (Fsp3) is 0.900. The average Bonchev–Trinajstić information content (AvgIpc) is 1.98. The number of carbonyl (C=O) groups is 1. The fourth-order valence-electron chi connectivity index (χ4n) is 1.24. The molecule has 0 fully saturated rings. The van der Waals surface area contributed by atoms with E-state index in [1.165, 1.54) is 0 Å². The summed E-state index contributed by atoms with van der Waals surface area (Å²) in [6.45, 7) is 10.2. The smallest absolute Gasteiger partial charge is 0.149 e.